The molecule has 2 heterocycles. The summed E-state index contributed by atoms with van der Waals surface area (Å²) in [6.07, 6.45) is 1.47. The van der Waals surface area contributed by atoms with Crippen molar-refractivity contribution in [1.82, 2.24) is 4.98 Å². The average molecular weight is 334 g/mol. The highest BCUT2D eigenvalue weighted by Gasteiger charge is 2.16. The molecule has 0 atom stereocenters. The van der Waals surface area contributed by atoms with E-state index in [0.717, 1.165) is 11.3 Å². The van der Waals surface area contributed by atoms with E-state index < -0.39 is 15.6 Å². The normalized spacial score (nSPS) is 11.3. The smallest absolute Gasteiger partial charge is 0.273 e. The van der Waals surface area contributed by atoms with Crippen LogP contribution in [-0.4, -0.2) is 13.4 Å². The van der Waals surface area contributed by atoms with Crippen LogP contribution in [0.2, 0.25) is 0 Å². The summed E-state index contributed by atoms with van der Waals surface area (Å²) in [6, 6.07) is 12.5. The molecule has 3 aromatic rings. The van der Waals surface area contributed by atoms with Gasteiger partial charge in [0.25, 0.3) is 15.6 Å². The van der Waals surface area contributed by atoms with Crippen LogP contribution < -0.4 is 10.3 Å². The highest BCUT2D eigenvalue weighted by atomic mass is 32.2. The standard InChI is InChI=1S/C14H10N2O4S2/c17-13-9-12(11-7-4-8-20-11)21-14(15-13)16-22(18,19)10-5-2-1-3-6-10/h1-9H,(H,15,16,17). The maximum atomic E-state index is 12.2. The van der Waals surface area contributed by atoms with Crippen molar-refractivity contribution >= 4 is 26.5 Å². The Labute approximate surface area is 130 Å². The molecule has 0 amide bonds. The first-order valence-electron chi connectivity index (χ1n) is 6.18. The van der Waals surface area contributed by atoms with Crippen molar-refractivity contribution < 1.29 is 12.8 Å². The molecule has 3 rings (SSSR count). The van der Waals surface area contributed by atoms with E-state index in [4.69, 9.17) is 4.42 Å². The summed E-state index contributed by atoms with van der Waals surface area (Å²) in [7, 11) is -3.79. The lowest BCUT2D eigenvalue weighted by Crippen LogP contribution is -2.16. The Morgan fingerprint density at radius 2 is 1.86 bits per heavy atom. The van der Waals surface area contributed by atoms with E-state index in [1.807, 2.05) is 0 Å². The zero-order chi connectivity index (χ0) is 15.6. The van der Waals surface area contributed by atoms with Gasteiger partial charge in [0.1, 0.15) is 5.76 Å². The van der Waals surface area contributed by atoms with Crippen LogP contribution in [0.15, 0.2) is 68.9 Å². The number of furan rings is 1. The van der Waals surface area contributed by atoms with Crippen molar-refractivity contribution in [3.63, 3.8) is 0 Å². The molecule has 0 bridgehead atoms. The van der Waals surface area contributed by atoms with Crippen molar-refractivity contribution in [2.45, 2.75) is 4.90 Å². The van der Waals surface area contributed by atoms with Gasteiger partial charge in [0.05, 0.1) is 16.0 Å². The topological polar surface area (TPSA) is 89.3 Å². The second-order valence-corrected chi connectivity index (χ2v) is 6.97. The van der Waals surface area contributed by atoms with Crippen LogP contribution in [0.3, 0.4) is 0 Å². The van der Waals surface area contributed by atoms with Gasteiger partial charge in [0.15, 0.2) is 0 Å². The number of rotatable bonds is 4. The van der Waals surface area contributed by atoms with Crippen molar-refractivity contribution in [3.05, 3.63) is 65.1 Å². The van der Waals surface area contributed by atoms with Crippen molar-refractivity contribution in [3.8, 4) is 10.6 Å². The maximum Gasteiger partial charge on any atom is 0.273 e. The molecule has 6 nitrogen and oxygen atoms in total. The van der Waals surface area contributed by atoms with Crippen molar-refractivity contribution in [2.75, 3.05) is 4.72 Å². The molecule has 0 saturated heterocycles. The first-order chi connectivity index (χ1) is 10.5. The van der Waals surface area contributed by atoms with Gasteiger partial charge in [-0.3, -0.25) is 9.52 Å². The molecular weight excluding hydrogens is 324 g/mol. The summed E-state index contributed by atoms with van der Waals surface area (Å²) in [5.41, 5.74) is -0.545. The summed E-state index contributed by atoms with van der Waals surface area (Å²) in [4.78, 5) is 15.9. The Bertz CT molecular complexity index is 932. The Kier molecular flexibility index (Phi) is 3.78. The fraction of sp³-hybridized carbons (Fsp3) is 0. The molecule has 0 radical (unpaired) electrons. The van der Waals surface area contributed by atoms with Crippen molar-refractivity contribution in [2.24, 2.45) is 0 Å². The number of hydrogen-bond donors (Lipinski definition) is 1. The van der Waals surface area contributed by atoms with Crippen LogP contribution in [0.25, 0.3) is 10.6 Å². The fourth-order valence-corrected chi connectivity index (χ4v) is 3.88. The number of sulfonamides is 1. The lowest BCUT2D eigenvalue weighted by molar-refractivity contribution is 0.583. The SMILES string of the molecule is O=c1cc(-c2ccco2)sc(NS(=O)(=O)c2ccccc2)n1. The van der Waals surface area contributed by atoms with Gasteiger partial charge in [-0.1, -0.05) is 29.5 Å². The highest BCUT2D eigenvalue weighted by Crippen LogP contribution is 2.27. The summed E-state index contributed by atoms with van der Waals surface area (Å²) >= 11 is 1.02. The van der Waals surface area contributed by atoms with Crippen LogP contribution >= 0.6 is 11.3 Å². The Morgan fingerprint density at radius 1 is 1.09 bits per heavy atom. The van der Waals surface area contributed by atoms with Crippen LogP contribution in [0.1, 0.15) is 0 Å². The van der Waals surface area contributed by atoms with E-state index in [1.54, 1.807) is 30.3 Å². The number of benzene rings is 1. The molecule has 0 spiro atoms. The molecule has 112 valence electrons. The summed E-state index contributed by atoms with van der Waals surface area (Å²) in [5.74, 6) is 0.477. The first kappa shape index (κ1) is 14.5. The zero-order valence-electron chi connectivity index (χ0n) is 11.1. The number of aromatic nitrogens is 1. The first-order valence-corrected chi connectivity index (χ1v) is 8.48. The van der Waals surface area contributed by atoms with E-state index in [9.17, 15) is 13.2 Å². The fourth-order valence-electron chi connectivity index (χ4n) is 1.76. The second kappa shape index (κ2) is 5.74. The molecule has 0 saturated carbocycles. The predicted octanol–water partition coefficient (Wildman–Crippen LogP) is 2.56. The molecular formula is C14H10N2O4S2. The van der Waals surface area contributed by atoms with Crippen LogP contribution in [0.4, 0.5) is 5.13 Å². The van der Waals surface area contributed by atoms with Gasteiger partial charge in [-0.05, 0) is 24.3 Å². The lowest BCUT2D eigenvalue weighted by Gasteiger charge is -2.06. The molecule has 1 aromatic carbocycles. The molecule has 22 heavy (non-hydrogen) atoms. The average Bonchev–Trinajstić information content (AvgIpc) is 3.01. The third kappa shape index (κ3) is 3.07. The Morgan fingerprint density at radius 3 is 2.55 bits per heavy atom. The Balaban J connectivity index is 1.98. The minimum atomic E-state index is -3.79. The van der Waals surface area contributed by atoms with Crippen LogP contribution in [0, 0.1) is 0 Å². The van der Waals surface area contributed by atoms with Gasteiger partial charge in [-0.2, -0.15) is 4.98 Å². The number of anilines is 1. The monoisotopic (exact) mass is 334 g/mol. The molecule has 1 N–H and O–H groups in total. The number of nitrogens with one attached hydrogen (secondary N) is 1. The minimum Gasteiger partial charge on any atom is -0.464 e. The van der Waals surface area contributed by atoms with Crippen LogP contribution in [-0.2, 0) is 10.0 Å². The van der Waals surface area contributed by atoms with Gasteiger partial charge in [-0.15, -0.1) is 0 Å². The molecule has 2 aromatic heterocycles. The van der Waals surface area contributed by atoms with E-state index in [-0.39, 0.29) is 10.0 Å². The van der Waals surface area contributed by atoms with Gasteiger partial charge >= 0.3 is 0 Å². The Hall–Kier alpha value is -2.45. The van der Waals surface area contributed by atoms with Gasteiger partial charge < -0.3 is 4.42 Å². The van der Waals surface area contributed by atoms with Gasteiger partial charge in [-0.25, -0.2) is 8.42 Å². The number of hydrogen-bond acceptors (Lipinski definition) is 6. The molecule has 0 aliphatic carbocycles. The molecule has 0 fully saturated rings. The molecule has 0 aliphatic rings. The van der Waals surface area contributed by atoms with E-state index in [0.29, 0.717) is 10.6 Å². The third-order valence-corrected chi connectivity index (χ3v) is 5.12. The molecule has 8 heteroatoms. The molecule has 0 aliphatic heterocycles. The third-order valence-electron chi connectivity index (χ3n) is 2.71. The van der Waals surface area contributed by atoms with Gasteiger partial charge in [0, 0.05) is 6.07 Å². The summed E-state index contributed by atoms with van der Waals surface area (Å²) in [6.45, 7) is 0. The highest BCUT2D eigenvalue weighted by molar-refractivity contribution is 7.93. The quantitative estimate of drug-likeness (QED) is 0.792. The second-order valence-electron chi connectivity index (χ2n) is 4.26. The van der Waals surface area contributed by atoms with Crippen LogP contribution in [0.5, 0.6) is 0 Å². The summed E-state index contributed by atoms with van der Waals surface area (Å²) < 4.78 is 32.0. The van der Waals surface area contributed by atoms with E-state index in [1.165, 1.54) is 24.5 Å². The van der Waals surface area contributed by atoms with Gasteiger partial charge in [0.2, 0.25) is 5.13 Å². The van der Waals surface area contributed by atoms with Crippen molar-refractivity contribution in [1.29, 1.82) is 0 Å². The largest absolute Gasteiger partial charge is 0.464 e. The van der Waals surface area contributed by atoms with E-state index >= 15 is 0 Å². The maximum absolute atomic E-state index is 12.2. The lowest BCUT2D eigenvalue weighted by atomic mass is 10.4. The summed E-state index contributed by atoms with van der Waals surface area (Å²) in [5, 5.41) is -0.0113. The predicted molar refractivity (Wildman–Crippen MR) is 83.3 cm³/mol. The van der Waals surface area contributed by atoms with E-state index in [2.05, 4.69) is 9.71 Å². The molecule has 0 unspecified atom stereocenters. The minimum absolute atomic E-state index is 0.0113. The zero-order valence-corrected chi connectivity index (χ0v) is 12.7. The number of nitrogens with zero attached hydrogens (tertiary/aromatic N) is 1.